The number of hydrogen-bond donors (Lipinski definition) is 0. The maximum Gasteiger partial charge on any atom is 0.244 e. The summed E-state index contributed by atoms with van der Waals surface area (Å²) < 4.78 is 1.60. The van der Waals surface area contributed by atoms with Crippen molar-refractivity contribution in [2.24, 2.45) is 0 Å². The number of amides is 1. The zero-order valence-electron chi connectivity index (χ0n) is 12.6. The third kappa shape index (κ3) is 3.48. The lowest BCUT2D eigenvalue weighted by molar-refractivity contribution is -0.131. The third-order valence-electron chi connectivity index (χ3n) is 3.56. The molecule has 0 bridgehead atoms. The van der Waals surface area contributed by atoms with Crippen molar-refractivity contribution in [3.8, 4) is 0 Å². The number of rotatable bonds is 6. The molecule has 2 rings (SSSR count). The van der Waals surface area contributed by atoms with Crippen LogP contribution in [0.4, 0.5) is 0 Å². The first-order valence-corrected chi connectivity index (χ1v) is 7.40. The monoisotopic (exact) mass is 287 g/mol. The lowest BCUT2D eigenvalue weighted by Crippen LogP contribution is -2.35. The fraction of sp³-hybridized carbons (Fsp3) is 0.438. The lowest BCUT2D eigenvalue weighted by atomic mass is 10.2. The van der Waals surface area contributed by atoms with E-state index in [-0.39, 0.29) is 17.9 Å². The summed E-state index contributed by atoms with van der Waals surface area (Å²) in [6.45, 7) is 5.71. The average Bonchev–Trinajstić information content (AvgIpc) is 2.51. The van der Waals surface area contributed by atoms with Gasteiger partial charge >= 0.3 is 0 Å². The fourth-order valence-electron chi connectivity index (χ4n) is 2.32. The molecule has 1 heterocycles. The molecule has 2 aromatic rings. The first-order chi connectivity index (χ1) is 10.2. The molecule has 5 heteroatoms. The van der Waals surface area contributed by atoms with Crippen molar-refractivity contribution in [1.82, 2.24) is 14.7 Å². The van der Waals surface area contributed by atoms with Gasteiger partial charge in [-0.2, -0.15) is 5.10 Å². The van der Waals surface area contributed by atoms with Crippen LogP contribution in [0.1, 0.15) is 26.7 Å². The summed E-state index contributed by atoms with van der Waals surface area (Å²) in [4.78, 5) is 26.0. The van der Waals surface area contributed by atoms with Crippen LogP contribution in [0.15, 0.2) is 35.3 Å². The summed E-state index contributed by atoms with van der Waals surface area (Å²) in [7, 11) is 0. The van der Waals surface area contributed by atoms with Gasteiger partial charge in [0, 0.05) is 18.5 Å². The Morgan fingerprint density at radius 2 is 2.05 bits per heavy atom. The summed E-state index contributed by atoms with van der Waals surface area (Å²) in [5.41, 5.74) is 0.581. The molecule has 21 heavy (non-hydrogen) atoms. The first-order valence-electron chi connectivity index (χ1n) is 7.40. The maximum absolute atomic E-state index is 12.4. The van der Waals surface area contributed by atoms with E-state index in [4.69, 9.17) is 0 Å². The number of unbranched alkanes of at least 4 members (excludes halogenated alkanes) is 1. The topological polar surface area (TPSA) is 55.2 Å². The van der Waals surface area contributed by atoms with Crippen LogP contribution >= 0.6 is 0 Å². The van der Waals surface area contributed by atoms with E-state index in [9.17, 15) is 9.59 Å². The van der Waals surface area contributed by atoms with Gasteiger partial charge in [0.1, 0.15) is 6.54 Å². The molecule has 0 aliphatic rings. The van der Waals surface area contributed by atoms with Gasteiger partial charge < -0.3 is 4.90 Å². The van der Waals surface area contributed by atoms with Gasteiger partial charge in [-0.05, 0) is 25.5 Å². The van der Waals surface area contributed by atoms with Crippen molar-refractivity contribution in [3.05, 3.63) is 40.7 Å². The molecule has 1 aromatic heterocycles. The molecule has 0 N–H and O–H groups in total. The van der Waals surface area contributed by atoms with Gasteiger partial charge in [0.15, 0.2) is 0 Å². The second-order valence-electron chi connectivity index (χ2n) is 5.01. The molecule has 0 aliphatic heterocycles. The van der Waals surface area contributed by atoms with Gasteiger partial charge in [-0.1, -0.05) is 25.5 Å². The summed E-state index contributed by atoms with van der Waals surface area (Å²) in [6, 6.07) is 7.24. The highest BCUT2D eigenvalue weighted by Gasteiger charge is 2.13. The minimum Gasteiger partial charge on any atom is -0.341 e. The summed E-state index contributed by atoms with van der Waals surface area (Å²) in [5.74, 6) is 0.0345. The van der Waals surface area contributed by atoms with Crippen LogP contribution in [-0.2, 0) is 11.3 Å². The predicted octanol–water partition coefficient (Wildman–Crippen LogP) is 2.05. The second kappa shape index (κ2) is 7.02. The van der Waals surface area contributed by atoms with Crippen LogP contribution < -0.4 is 5.43 Å². The molecule has 0 saturated carbocycles. The van der Waals surface area contributed by atoms with Gasteiger partial charge in [0.05, 0.1) is 11.7 Å². The highest BCUT2D eigenvalue weighted by atomic mass is 16.2. The molecule has 0 aliphatic carbocycles. The molecule has 1 aromatic carbocycles. The van der Waals surface area contributed by atoms with Crippen molar-refractivity contribution < 1.29 is 4.79 Å². The van der Waals surface area contributed by atoms with Crippen molar-refractivity contribution in [1.29, 1.82) is 0 Å². The van der Waals surface area contributed by atoms with Crippen LogP contribution in [0, 0.1) is 0 Å². The zero-order chi connectivity index (χ0) is 15.2. The quantitative estimate of drug-likeness (QED) is 0.817. The van der Waals surface area contributed by atoms with E-state index >= 15 is 0 Å². The van der Waals surface area contributed by atoms with E-state index in [2.05, 4.69) is 12.0 Å². The number of nitrogens with zero attached hydrogens (tertiary/aromatic N) is 3. The minimum absolute atomic E-state index is 0.0345. The number of para-hydroxylation sites is 1. The Kier molecular flexibility index (Phi) is 5.09. The highest BCUT2D eigenvalue weighted by Crippen LogP contribution is 2.08. The van der Waals surface area contributed by atoms with Gasteiger partial charge in [-0.15, -0.1) is 0 Å². The number of aromatic nitrogens is 2. The van der Waals surface area contributed by atoms with Gasteiger partial charge in [-0.25, -0.2) is 0 Å². The van der Waals surface area contributed by atoms with E-state index in [0.29, 0.717) is 17.4 Å². The average molecular weight is 287 g/mol. The van der Waals surface area contributed by atoms with Crippen molar-refractivity contribution in [2.45, 2.75) is 33.2 Å². The van der Waals surface area contributed by atoms with Gasteiger partial charge in [-0.3, -0.25) is 14.3 Å². The van der Waals surface area contributed by atoms with Crippen molar-refractivity contribution in [3.63, 3.8) is 0 Å². The molecule has 0 radical (unpaired) electrons. The van der Waals surface area contributed by atoms with E-state index in [1.54, 1.807) is 10.7 Å². The van der Waals surface area contributed by atoms with Crippen LogP contribution in [0.2, 0.25) is 0 Å². The van der Waals surface area contributed by atoms with Crippen LogP contribution in [0.25, 0.3) is 10.9 Å². The van der Waals surface area contributed by atoms with E-state index in [0.717, 1.165) is 19.4 Å². The SMILES string of the molecule is CCCCN(CC)C(=O)Cn1ncc(=O)c2ccccc21. The zero-order valence-corrected chi connectivity index (χ0v) is 12.6. The summed E-state index contributed by atoms with van der Waals surface area (Å²) in [5, 5.41) is 4.69. The maximum atomic E-state index is 12.4. The first kappa shape index (κ1) is 15.2. The Labute approximate surface area is 124 Å². The normalized spacial score (nSPS) is 10.8. The van der Waals surface area contributed by atoms with Gasteiger partial charge in [0.25, 0.3) is 0 Å². The fourth-order valence-corrected chi connectivity index (χ4v) is 2.32. The molecule has 0 unspecified atom stereocenters. The largest absolute Gasteiger partial charge is 0.341 e. The number of likely N-dealkylation sites (N-methyl/N-ethyl adjacent to an activating group) is 1. The Bertz CT molecular complexity index is 679. The number of fused-ring (bicyclic) bond motifs is 1. The van der Waals surface area contributed by atoms with Crippen molar-refractivity contribution >= 4 is 16.8 Å². The van der Waals surface area contributed by atoms with E-state index in [1.807, 2.05) is 30.0 Å². The van der Waals surface area contributed by atoms with Crippen LogP contribution in [0.5, 0.6) is 0 Å². The Balaban J connectivity index is 2.25. The van der Waals surface area contributed by atoms with E-state index in [1.165, 1.54) is 6.20 Å². The molecule has 5 nitrogen and oxygen atoms in total. The molecule has 112 valence electrons. The Hall–Kier alpha value is -2.17. The highest BCUT2D eigenvalue weighted by molar-refractivity contribution is 5.81. The molecule has 0 fully saturated rings. The second-order valence-corrected chi connectivity index (χ2v) is 5.01. The molecular weight excluding hydrogens is 266 g/mol. The Morgan fingerprint density at radius 1 is 1.29 bits per heavy atom. The van der Waals surface area contributed by atoms with Crippen molar-refractivity contribution in [2.75, 3.05) is 13.1 Å². The molecule has 0 saturated heterocycles. The van der Waals surface area contributed by atoms with Crippen LogP contribution in [-0.4, -0.2) is 33.7 Å². The molecule has 1 amide bonds. The smallest absolute Gasteiger partial charge is 0.244 e. The predicted molar refractivity (Wildman–Crippen MR) is 83.2 cm³/mol. The van der Waals surface area contributed by atoms with E-state index < -0.39 is 0 Å². The number of carbonyl (C=O) groups is 1. The van der Waals surface area contributed by atoms with Gasteiger partial charge in [0.2, 0.25) is 11.3 Å². The Morgan fingerprint density at radius 3 is 2.76 bits per heavy atom. The molecule has 0 atom stereocenters. The minimum atomic E-state index is -0.118. The van der Waals surface area contributed by atoms with Crippen LogP contribution in [0.3, 0.4) is 0 Å². The lowest BCUT2D eigenvalue weighted by Gasteiger charge is -2.21. The standard InChI is InChI=1S/C16H21N3O2/c1-3-5-10-18(4-2)16(21)12-19-14-9-7-6-8-13(14)15(20)11-17-19/h6-9,11H,3-5,10,12H2,1-2H3. The number of carbonyl (C=O) groups excluding carboxylic acids is 1. The summed E-state index contributed by atoms with van der Waals surface area (Å²) in [6.07, 6.45) is 3.33. The summed E-state index contributed by atoms with van der Waals surface area (Å²) >= 11 is 0. The molecule has 0 spiro atoms. The number of hydrogen-bond acceptors (Lipinski definition) is 3. The molecular formula is C16H21N3O2. The third-order valence-corrected chi connectivity index (χ3v) is 3.56. The number of benzene rings is 1.